The molecular formula is C24H30N4O4. The number of anilines is 1. The van der Waals surface area contributed by atoms with E-state index in [1.54, 1.807) is 19.1 Å². The van der Waals surface area contributed by atoms with Crippen molar-refractivity contribution in [3.05, 3.63) is 46.9 Å². The topological polar surface area (TPSA) is 84.9 Å². The fourth-order valence-electron chi connectivity index (χ4n) is 4.51. The van der Waals surface area contributed by atoms with Crippen LogP contribution >= 0.6 is 0 Å². The van der Waals surface area contributed by atoms with Crippen LogP contribution < -0.4 is 9.64 Å². The first-order valence-electron chi connectivity index (χ1n) is 11.1. The number of fused-ring (bicyclic) bond motifs is 1. The highest BCUT2D eigenvalue weighted by atomic mass is 16.5. The third kappa shape index (κ3) is 4.46. The van der Waals surface area contributed by atoms with Crippen LogP contribution in [-0.2, 0) is 27.3 Å². The van der Waals surface area contributed by atoms with Gasteiger partial charge in [0.15, 0.2) is 0 Å². The van der Waals surface area contributed by atoms with Crippen molar-refractivity contribution < 1.29 is 19.1 Å². The summed E-state index contributed by atoms with van der Waals surface area (Å²) in [6.07, 6.45) is 2.52. The van der Waals surface area contributed by atoms with Crippen molar-refractivity contribution in [3.63, 3.8) is 0 Å². The number of carbonyl (C=O) groups excluding carboxylic acids is 2. The summed E-state index contributed by atoms with van der Waals surface area (Å²) >= 11 is 0. The molecule has 4 rings (SSSR count). The van der Waals surface area contributed by atoms with E-state index in [-0.39, 0.29) is 17.7 Å². The Morgan fingerprint density at radius 3 is 2.81 bits per heavy atom. The lowest BCUT2D eigenvalue weighted by atomic mass is 9.96. The number of methoxy groups -OCH3 is 2. The van der Waals surface area contributed by atoms with Crippen molar-refractivity contribution in [1.29, 1.82) is 0 Å². The lowest BCUT2D eigenvalue weighted by molar-refractivity contribution is -0.133. The molecule has 32 heavy (non-hydrogen) atoms. The first-order chi connectivity index (χ1) is 15.5. The van der Waals surface area contributed by atoms with Crippen molar-refractivity contribution >= 4 is 17.6 Å². The standard InChI is InChI=1S/C24H30N4O4/c1-16-19-13-22(30)28(15-17-7-4-5-9-20(17)32-3)24(19)26-23(25-16)18-8-6-11-27(14-18)21(29)10-12-31-2/h4-5,7,9,18H,6,8,10-15H2,1-3H3/t18-/m0/s1. The number of para-hydroxylation sites is 1. The maximum Gasteiger partial charge on any atom is 0.233 e. The average molecular weight is 439 g/mol. The van der Waals surface area contributed by atoms with Crippen LogP contribution in [0, 0.1) is 6.92 Å². The molecule has 170 valence electrons. The zero-order valence-corrected chi connectivity index (χ0v) is 19.0. The quantitative estimate of drug-likeness (QED) is 0.661. The monoisotopic (exact) mass is 438 g/mol. The Labute approximate surface area is 188 Å². The molecule has 0 aliphatic carbocycles. The summed E-state index contributed by atoms with van der Waals surface area (Å²) in [4.78, 5) is 38.6. The van der Waals surface area contributed by atoms with Crippen molar-refractivity contribution in [2.24, 2.45) is 0 Å². The second-order valence-corrected chi connectivity index (χ2v) is 8.36. The van der Waals surface area contributed by atoms with E-state index in [2.05, 4.69) is 0 Å². The molecule has 2 aliphatic heterocycles. The minimum absolute atomic E-state index is 0.0143. The van der Waals surface area contributed by atoms with Gasteiger partial charge < -0.3 is 14.4 Å². The average Bonchev–Trinajstić information content (AvgIpc) is 3.13. The second-order valence-electron chi connectivity index (χ2n) is 8.36. The molecule has 1 aromatic heterocycles. The van der Waals surface area contributed by atoms with Crippen molar-refractivity contribution in [2.75, 3.05) is 38.8 Å². The van der Waals surface area contributed by atoms with Gasteiger partial charge in [-0.2, -0.15) is 0 Å². The molecule has 0 bridgehead atoms. The molecule has 8 heteroatoms. The lowest BCUT2D eigenvalue weighted by Crippen LogP contribution is -2.40. The van der Waals surface area contributed by atoms with Gasteiger partial charge in [-0.05, 0) is 25.8 Å². The Hall–Kier alpha value is -3.00. The van der Waals surface area contributed by atoms with Crippen LogP contribution in [0.5, 0.6) is 5.75 Å². The molecule has 1 fully saturated rings. The third-order valence-corrected chi connectivity index (χ3v) is 6.27. The smallest absolute Gasteiger partial charge is 0.233 e. The summed E-state index contributed by atoms with van der Waals surface area (Å²) < 4.78 is 10.5. The Morgan fingerprint density at radius 1 is 1.22 bits per heavy atom. The maximum absolute atomic E-state index is 12.9. The van der Waals surface area contributed by atoms with E-state index in [4.69, 9.17) is 19.4 Å². The van der Waals surface area contributed by atoms with E-state index in [1.807, 2.05) is 36.1 Å². The predicted molar refractivity (Wildman–Crippen MR) is 120 cm³/mol. The molecule has 3 heterocycles. The summed E-state index contributed by atoms with van der Waals surface area (Å²) in [5.41, 5.74) is 2.66. The van der Waals surface area contributed by atoms with Gasteiger partial charge in [0.25, 0.3) is 0 Å². The number of amides is 2. The lowest BCUT2D eigenvalue weighted by Gasteiger charge is -2.32. The minimum atomic E-state index is 0.0143. The number of nitrogens with zero attached hydrogens (tertiary/aromatic N) is 4. The number of hydrogen-bond donors (Lipinski definition) is 0. The molecule has 0 unspecified atom stereocenters. The van der Waals surface area contributed by atoms with Gasteiger partial charge in [0.05, 0.1) is 33.1 Å². The van der Waals surface area contributed by atoms with Gasteiger partial charge in [-0.15, -0.1) is 0 Å². The number of carbonyl (C=O) groups is 2. The molecule has 1 saturated heterocycles. The number of likely N-dealkylation sites (tertiary alicyclic amines) is 1. The van der Waals surface area contributed by atoms with E-state index in [0.717, 1.165) is 42.0 Å². The molecule has 0 saturated carbocycles. The molecule has 0 spiro atoms. The van der Waals surface area contributed by atoms with Gasteiger partial charge in [0, 0.05) is 42.9 Å². The number of rotatable bonds is 7. The molecule has 2 aliphatic rings. The molecule has 1 atom stereocenters. The van der Waals surface area contributed by atoms with E-state index in [9.17, 15) is 9.59 Å². The van der Waals surface area contributed by atoms with Gasteiger partial charge in [-0.25, -0.2) is 9.97 Å². The van der Waals surface area contributed by atoms with Crippen LogP contribution in [0.15, 0.2) is 24.3 Å². The van der Waals surface area contributed by atoms with Gasteiger partial charge in [0.2, 0.25) is 11.8 Å². The predicted octanol–water partition coefficient (Wildman–Crippen LogP) is 2.63. The summed E-state index contributed by atoms with van der Waals surface area (Å²) in [5.74, 6) is 2.32. The first kappa shape index (κ1) is 22.2. The van der Waals surface area contributed by atoms with E-state index >= 15 is 0 Å². The van der Waals surface area contributed by atoms with Crippen LogP contribution in [0.2, 0.25) is 0 Å². The molecule has 2 amide bonds. The number of hydrogen-bond acceptors (Lipinski definition) is 6. The normalized spacial score (nSPS) is 18.1. The van der Waals surface area contributed by atoms with E-state index in [0.29, 0.717) is 44.2 Å². The van der Waals surface area contributed by atoms with Crippen LogP contribution in [0.3, 0.4) is 0 Å². The molecular weight excluding hydrogens is 408 g/mol. The maximum atomic E-state index is 12.9. The number of aryl methyl sites for hydroxylation is 1. The van der Waals surface area contributed by atoms with Crippen molar-refractivity contribution in [2.45, 2.75) is 45.1 Å². The van der Waals surface area contributed by atoms with Crippen LogP contribution in [-0.4, -0.2) is 60.6 Å². The van der Waals surface area contributed by atoms with Gasteiger partial charge in [0.1, 0.15) is 17.4 Å². The Morgan fingerprint density at radius 2 is 2.03 bits per heavy atom. The first-order valence-corrected chi connectivity index (χ1v) is 11.1. The van der Waals surface area contributed by atoms with Crippen LogP contribution in [0.4, 0.5) is 5.82 Å². The zero-order valence-electron chi connectivity index (χ0n) is 19.0. The fourth-order valence-corrected chi connectivity index (χ4v) is 4.51. The zero-order chi connectivity index (χ0) is 22.7. The Kier molecular flexibility index (Phi) is 6.69. The fraction of sp³-hybridized carbons (Fsp3) is 0.500. The molecule has 0 N–H and O–H groups in total. The molecule has 1 aromatic carbocycles. The second kappa shape index (κ2) is 9.65. The van der Waals surface area contributed by atoms with Gasteiger partial charge in [-0.3, -0.25) is 14.5 Å². The number of piperidine rings is 1. The minimum Gasteiger partial charge on any atom is -0.496 e. The van der Waals surface area contributed by atoms with Crippen LogP contribution in [0.1, 0.15) is 47.8 Å². The molecule has 0 radical (unpaired) electrons. The van der Waals surface area contributed by atoms with Gasteiger partial charge in [-0.1, -0.05) is 18.2 Å². The number of aromatic nitrogens is 2. The summed E-state index contributed by atoms with van der Waals surface area (Å²) in [6.45, 7) is 4.11. The third-order valence-electron chi connectivity index (χ3n) is 6.27. The molecule has 8 nitrogen and oxygen atoms in total. The van der Waals surface area contributed by atoms with E-state index in [1.165, 1.54) is 0 Å². The van der Waals surface area contributed by atoms with E-state index < -0.39 is 0 Å². The van der Waals surface area contributed by atoms with Gasteiger partial charge >= 0.3 is 0 Å². The largest absolute Gasteiger partial charge is 0.496 e. The highest BCUT2D eigenvalue weighted by Crippen LogP contribution is 2.34. The SMILES string of the molecule is COCCC(=O)N1CCC[C@H](c2nc(C)c3c(n2)N(Cc2ccccc2OC)C(=O)C3)C1. The summed E-state index contributed by atoms with van der Waals surface area (Å²) in [7, 11) is 3.23. The highest BCUT2D eigenvalue weighted by molar-refractivity contribution is 6.00. The molecule has 2 aromatic rings. The Bertz CT molecular complexity index is 1010. The van der Waals surface area contributed by atoms with Crippen LogP contribution in [0.25, 0.3) is 0 Å². The number of ether oxygens (including phenoxy) is 2. The van der Waals surface area contributed by atoms with Crippen molar-refractivity contribution in [1.82, 2.24) is 14.9 Å². The summed E-state index contributed by atoms with van der Waals surface area (Å²) in [6, 6.07) is 7.71. The highest BCUT2D eigenvalue weighted by Gasteiger charge is 2.34. The Balaban J connectivity index is 1.59. The van der Waals surface area contributed by atoms with Crippen molar-refractivity contribution in [3.8, 4) is 5.75 Å². The summed E-state index contributed by atoms with van der Waals surface area (Å²) in [5, 5.41) is 0. The number of benzene rings is 1.